The van der Waals surface area contributed by atoms with Crippen molar-refractivity contribution in [1.29, 1.82) is 0 Å². The zero-order valence-corrected chi connectivity index (χ0v) is 10.1. The number of rotatable bonds is 5. The average Bonchev–Trinajstić information content (AvgIpc) is 2.46. The molecule has 0 unspecified atom stereocenters. The van der Waals surface area contributed by atoms with E-state index in [1.165, 1.54) is 0 Å². The second-order valence-electron chi connectivity index (χ2n) is 3.61. The van der Waals surface area contributed by atoms with Crippen LogP contribution in [0.5, 0.6) is 5.75 Å². The first-order chi connectivity index (χ1) is 8.81. The third-order valence-electron chi connectivity index (χ3n) is 2.42. The van der Waals surface area contributed by atoms with Crippen LogP contribution < -0.4 is 21.3 Å². The van der Waals surface area contributed by atoms with Crippen molar-refractivity contribution < 1.29 is 4.74 Å². The fourth-order valence-corrected chi connectivity index (χ4v) is 1.46. The van der Waals surface area contributed by atoms with E-state index < -0.39 is 0 Å². The first kappa shape index (κ1) is 12.1. The van der Waals surface area contributed by atoms with Crippen molar-refractivity contribution in [2.45, 2.75) is 6.54 Å². The summed E-state index contributed by atoms with van der Waals surface area (Å²) in [5.41, 5.74) is 3.54. The molecule has 6 nitrogen and oxygen atoms in total. The van der Waals surface area contributed by atoms with E-state index in [1.54, 1.807) is 19.4 Å². The molecule has 4 N–H and O–H groups in total. The van der Waals surface area contributed by atoms with Gasteiger partial charge in [-0.15, -0.1) is 0 Å². The predicted molar refractivity (Wildman–Crippen MR) is 70.2 cm³/mol. The third-order valence-corrected chi connectivity index (χ3v) is 2.42. The van der Waals surface area contributed by atoms with Gasteiger partial charge in [-0.3, -0.25) is 5.43 Å². The number of aromatic nitrogens is 2. The summed E-state index contributed by atoms with van der Waals surface area (Å²) in [4.78, 5) is 8.09. The number of benzene rings is 1. The fourth-order valence-electron chi connectivity index (χ4n) is 1.46. The topological polar surface area (TPSA) is 85.1 Å². The molecule has 0 fully saturated rings. The molecule has 2 aromatic rings. The number of nitrogens with one attached hydrogen (secondary N) is 2. The summed E-state index contributed by atoms with van der Waals surface area (Å²) in [7, 11) is 1.65. The molecule has 0 saturated heterocycles. The van der Waals surface area contributed by atoms with Crippen LogP contribution in [-0.4, -0.2) is 17.1 Å². The minimum atomic E-state index is 0.384. The molecule has 94 valence electrons. The molecule has 18 heavy (non-hydrogen) atoms. The Balaban J connectivity index is 1.97. The first-order valence-electron chi connectivity index (χ1n) is 5.48. The summed E-state index contributed by atoms with van der Waals surface area (Å²) in [5.74, 6) is 7.18. The highest BCUT2D eigenvalue weighted by molar-refractivity contribution is 5.40. The van der Waals surface area contributed by atoms with Crippen molar-refractivity contribution in [3.05, 3.63) is 42.1 Å². The van der Waals surface area contributed by atoms with Crippen molar-refractivity contribution in [3.63, 3.8) is 0 Å². The number of nitrogens with zero attached hydrogens (tertiary/aromatic N) is 2. The summed E-state index contributed by atoms with van der Waals surface area (Å²) in [6.07, 6.45) is 1.64. The number of hydrogen-bond donors (Lipinski definition) is 3. The Labute approximate surface area is 105 Å². The molecule has 6 heteroatoms. The molecule has 2 rings (SSSR count). The molecular weight excluding hydrogens is 230 g/mol. The molecule has 0 aliphatic carbocycles. The zero-order valence-electron chi connectivity index (χ0n) is 10.1. The maximum absolute atomic E-state index is 5.24. The molecule has 0 atom stereocenters. The number of hydrogen-bond acceptors (Lipinski definition) is 6. The lowest BCUT2D eigenvalue weighted by Crippen LogP contribution is -2.11. The van der Waals surface area contributed by atoms with E-state index in [2.05, 4.69) is 20.7 Å². The number of ether oxygens (including phenoxy) is 1. The SMILES string of the molecule is COc1ccc(CNc2ccnc(NN)n2)cc1. The van der Waals surface area contributed by atoms with Crippen LogP contribution in [0.4, 0.5) is 11.8 Å². The molecule has 0 aliphatic heterocycles. The summed E-state index contributed by atoms with van der Waals surface area (Å²) in [6, 6.07) is 9.61. The minimum Gasteiger partial charge on any atom is -0.497 e. The third kappa shape index (κ3) is 3.08. The van der Waals surface area contributed by atoms with Crippen LogP contribution in [0.25, 0.3) is 0 Å². The Morgan fingerprint density at radius 3 is 2.67 bits per heavy atom. The molecule has 0 radical (unpaired) electrons. The molecule has 0 bridgehead atoms. The smallest absolute Gasteiger partial charge is 0.239 e. The van der Waals surface area contributed by atoms with Gasteiger partial charge < -0.3 is 10.1 Å². The van der Waals surface area contributed by atoms with Gasteiger partial charge in [0.05, 0.1) is 7.11 Å². The Kier molecular flexibility index (Phi) is 3.93. The zero-order chi connectivity index (χ0) is 12.8. The van der Waals surface area contributed by atoms with E-state index in [0.29, 0.717) is 18.3 Å². The fraction of sp³-hybridized carbons (Fsp3) is 0.167. The molecule has 0 amide bonds. The van der Waals surface area contributed by atoms with E-state index in [-0.39, 0.29) is 0 Å². The Bertz CT molecular complexity index is 500. The van der Waals surface area contributed by atoms with E-state index >= 15 is 0 Å². The minimum absolute atomic E-state index is 0.384. The molecule has 0 saturated carbocycles. The molecule has 1 aromatic heterocycles. The lowest BCUT2D eigenvalue weighted by molar-refractivity contribution is 0.414. The van der Waals surface area contributed by atoms with Crippen molar-refractivity contribution in [3.8, 4) is 5.75 Å². The number of methoxy groups -OCH3 is 1. The van der Waals surface area contributed by atoms with E-state index in [1.807, 2.05) is 24.3 Å². The Morgan fingerprint density at radius 1 is 1.22 bits per heavy atom. The second-order valence-corrected chi connectivity index (χ2v) is 3.61. The second kappa shape index (κ2) is 5.83. The first-order valence-corrected chi connectivity index (χ1v) is 5.48. The van der Waals surface area contributed by atoms with Gasteiger partial charge >= 0.3 is 0 Å². The average molecular weight is 245 g/mol. The highest BCUT2D eigenvalue weighted by atomic mass is 16.5. The maximum Gasteiger partial charge on any atom is 0.239 e. The van der Waals surface area contributed by atoms with Crippen LogP contribution in [0.2, 0.25) is 0 Å². The van der Waals surface area contributed by atoms with Crippen molar-refractivity contribution in [2.75, 3.05) is 17.9 Å². The summed E-state index contributed by atoms with van der Waals surface area (Å²) in [5, 5.41) is 3.19. The van der Waals surface area contributed by atoms with Gasteiger partial charge in [-0.05, 0) is 23.8 Å². The van der Waals surface area contributed by atoms with Gasteiger partial charge in [0.25, 0.3) is 0 Å². The number of anilines is 2. The molecule has 0 aliphatic rings. The van der Waals surface area contributed by atoms with Crippen molar-refractivity contribution in [2.24, 2.45) is 5.84 Å². The van der Waals surface area contributed by atoms with Gasteiger partial charge in [-0.25, -0.2) is 10.8 Å². The number of nitrogen functional groups attached to an aromatic ring is 1. The summed E-state index contributed by atoms with van der Waals surface area (Å²) >= 11 is 0. The van der Waals surface area contributed by atoms with Crippen LogP contribution in [0, 0.1) is 0 Å². The van der Waals surface area contributed by atoms with Gasteiger partial charge in [0.2, 0.25) is 5.95 Å². The highest BCUT2D eigenvalue weighted by Crippen LogP contribution is 2.12. The monoisotopic (exact) mass is 245 g/mol. The largest absolute Gasteiger partial charge is 0.497 e. The number of nitrogens with two attached hydrogens (primary N) is 1. The lowest BCUT2D eigenvalue weighted by Gasteiger charge is -2.07. The van der Waals surface area contributed by atoms with Gasteiger partial charge in [0.15, 0.2) is 0 Å². The van der Waals surface area contributed by atoms with E-state index in [0.717, 1.165) is 11.3 Å². The standard InChI is InChI=1S/C12H15N5O/c1-18-10-4-2-9(3-5-10)8-15-11-6-7-14-12(16-11)17-13/h2-7H,8,13H2,1H3,(H2,14,15,16,17). The van der Waals surface area contributed by atoms with Crippen LogP contribution in [0.1, 0.15) is 5.56 Å². The number of hydrazine groups is 1. The Morgan fingerprint density at radius 2 is 2.00 bits per heavy atom. The van der Waals surface area contributed by atoms with Gasteiger partial charge in [0, 0.05) is 12.7 Å². The molecule has 1 aromatic carbocycles. The van der Waals surface area contributed by atoms with Crippen LogP contribution in [-0.2, 0) is 6.54 Å². The van der Waals surface area contributed by atoms with Gasteiger partial charge in [0.1, 0.15) is 11.6 Å². The van der Waals surface area contributed by atoms with E-state index in [4.69, 9.17) is 10.6 Å². The summed E-state index contributed by atoms with van der Waals surface area (Å²) < 4.78 is 5.10. The summed E-state index contributed by atoms with van der Waals surface area (Å²) in [6.45, 7) is 0.672. The van der Waals surface area contributed by atoms with Crippen LogP contribution >= 0.6 is 0 Å². The predicted octanol–water partition coefficient (Wildman–Crippen LogP) is 1.38. The Hall–Kier alpha value is -2.34. The van der Waals surface area contributed by atoms with Crippen LogP contribution in [0.3, 0.4) is 0 Å². The van der Waals surface area contributed by atoms with Crippen molar-refractivity contribution >= 4 is 11.8 Å². The highest BCUT2D eigenvalue weighted by Gasteiger charge is 1.98. The van der Waals surface area contributed by atoms with E-state index in [9.17, 15) is 0 Å². The van der Waals surface area contributed by atoms with Gasteiger partial charge in [-0.1, -0.05) is 12.1 Å². The normalized spacial score (nSPS) is 9.89. The van der Waals surface area contributed by atoms with Crippen LogP contribution in [0.15, 0.2) is 36.5 Å². The maximum atomic E-state index is 5.24. The molecular formula is C12H15N5O. The lowest BCUT2D eigenvalue weighted by atomic mass is 10.2. The van der Waals surface area contributed by atoms with Gasteiger partial charge in [-0.2, -0.15) is 4.98 Å². The molecule has 0 spiro atoms. The van der Waals surface area contributed by atoms with Crippen molar-refractivity contribution in [1.82, 2.24) is 9.97 Å². The quantitative estimate of drug-likeness (QED) is 0.545. The molecule has 1 heterocycles.